The number of oxazole rings is 1. The third kappa shape index (κ3) is 3.21. The van der Waals surface area contributed by atoms with E-state index in [0.717, 1.165) is 29.9 Å². The van der Waals surface area contributed by atoms with Gasteiger partial charge >= 0.3 is 5.97 Å². The van der Waals surface area contributed by atoms with Crippen molar-refractivity contribution in [3.8, 4) is 11.3 Å². The van der Waals surface area contributed by atoms with Crippen LogP contribution in [-0.4, -0.2) is 33.4 Å². The quantitative estimate of drug-likeness (QED) is 0.836. The maximum atomic E-state index is 13.0. The number of hydrogen-bond donors (Lipinski definition) is 1. The molecule has 1 N–H and O–H groups in total. The highest BCUT2D eigenvalue weighted by Crippen LogP contribution is 2.42. The Bertz CT molecular complexity index is 874. The molecule has 4 rings (SSSR count). The third-order valence-corrected chi connectivity index (χ3v) is 5.97. The zero-order valence-corrected chi connectivity index (χ0v) is 16.3. The molecule has 28 heavy (non-hydrogen) atoms. The highest BCUT2D eigenvalue weighted by Gasteiger charge is 2.46. The lowest BCUT2D eigenvalue weighted by Gasteiger charge is -2.36. The van der Waals surface area contributed by atoms with E-state index in [1.54, 1.807) is 4.90 Å². The minimum atomic E-state index is -0.870. The predicted molar refractivity (Wildman–Crippen MR) is 104 cm³/mol. The lowest BCUT2D eigenvalue weighted by molar-refractivity contribution is -0.157. The average Bonchev–Trinajstić information content (AvgIpc) is 3.28. The first-order valence-electron chi connectivity index (χ1n) is 10.1. The Labute approximate surface area is 164 Å². The molecule has 3 unspecified atom stereocenters. The van der Waals surface area contributed by atoms with Crippen molar-refractivity contribution in [2.45, 2.75) is 51.5 Å². The van der Waals surface area contributed by atoms with Gasteiger partial charge in [0.25, 0.3) is 0 Å². The Hall–Kier alpha value is -2.63. The van der Waals surface area contributed by atoms with E-state index < -0.39 is 17.8 Å². The van der Waals surface area contributed by atoms with Crippen LogP contribution in [0.25, 0.3) is 11.3 Å². The summed E-state index contributed by atoms with van der Waals surface area (Å²) in [6, 6.07) is 9.73. The van der Waals surface area contributed by atoms with E-state index in [1.165, 1.54) is 0 Å². The molecule has 6 nitrogen and oxygen atoms in total. The molecule has 1 saturated heterocycles. The number of carboxylic acids is 1. The van der Waals surface area contributed by atoms with Gasteiger partial charge in [0.1, 0.15) is 17.5 Å². The van der Waals surface area contributed by atoms with Crippen LogP contribution in [0, 0.1) is 11.8 Å². The van der Waals surface area contributed by atoms with Crippen molar-refractivity contribution in [1.82, 2.24) is 9.88 Å². The topological polar surface area (TPSA) is 83.6 Å². The van der Waals surface area contributed by atoms with Gasteiger partial charge in [0.2, 0.25) is 11.8 Å². The Kier molecular flexibility index (Phi) is 4.96. The SMILES string of the molecule is CC(C)c1oc(C2CCCN2C(=O)C2CCC2C(=O)O)nc1-c1ccccc1. The van der Waals surface area contributed by atoms with Crippen molar-refractivity contribution in [2.75, 3.05) is 6.54 Å². The molecule has 3 atom stereocenters. The number of carbonyl (C=O) groups is 2. The van der Waals surface area contributed by atoms with Crippen LogP contribution >= 0.6 is 0 Å². The van der Waals surface area contributed by atoms with Gasteiger partial charge < -0.3 is 14.4 Å². The molecule has 1 aromatic heterocycles. The van der Waals surface area contributed by atoms with Gasteiger partial charge in [-0.05, 0) is 25.7 Å². The van der Waals surface area contributed by atoms with Crippen LogP contribution in [0.1, 0.15) is 63.1 Å². The van der Waals surface area contributed by atoms with Gasteiger partial charge in [0, 0.05) is 18.0 Å². The maximum absolute atomic E-state index is 13.0. The van der Waals surface area contributed by atoms with E-state index in [0.29, 0.717) is 25.3 Å². The Morgan fingerprint density at radius 2 is 1.86 bits per heavy atom. The maximum Gasteiger partial charge on any atom is 0.307 e. The van der Waals surface area contributed by atoms with Gasteiger partial charge in [-0.1, -0.05) is 44.2 Å². The third-order valence-electron chi connectivity index (χ3n) is 5.97. The summed E-state index contributed by atoms with van der Waals surface area (Å²) in [6.45, 7) is 4.77. The second-order valence-electron chi connectivity index (χ2n) is 8.10. The molecule has 2 aromatic rings. The van der Waals surface area contributed by atoms with Crippen LogP contribution in [-0.2, 0) is 9.59 Å². The number of likely N-dealkylation sites (tertiary alicyclic amines) is 1. The van der Waals surface area contributed by atoms with Crippen molar-refractivity contribution in [2.24, 2.45) is 11.8 Å². The fraction of sp³-hybridized carbons (Fsp3) is 0.500. The van der Waals surface area contributed by atoms with E-state index >= 15 is 0 Å². The standard InChI is InChI=1S/C22H26N2O4/c1-13(2)19-18(14-7-4-3-5-8-14)23-20(28-19)17-9-6-12-24(17)21(25)15-10-11-16(15)22(26)27/h3-5,7-8,13,15-17H,6,9-12H2,1-2H3,(H,26,27). The summed E-state index contributed by atoms with van der Waals surface area (Å²) >= 11 is 0. The highest BCUT2D eigenvalue weighted by molar-refractivity contribution is 5.86. The largest absolute Gasteiger partial charge is 0.481 e. The van der Waals surface area contributed by atoms with E-state index in [-0.39, 0.29) is 17.9 Å². The number of aliphatic carboxylic acids is 1. The molecular weight excluding hydrogens is 356 g/mol. The van der Waals surface area contributed by atoms with Crippen LogP contribution in [0.2, 0.25) is 0 Å². The smallest absolute Gasteiger partial charge is 0.307 e. The minimum absolute atomic E-state index is 0.0632. The first kappa shape index (κ1) is 18.7. The number of carbonyl (C=O) groups excluding carboxylic acids is 1. The zero-order valence-electron chi connectivity index (χ0n) is 16.3. The van der Waals surface area contributed by atoms with Crippen LogP contribution in [0.15, 0.2) is 34.7 Å². The predicted octanol–water partition coefficient (Wildman–Crippen LogP) is 4.24. The van der Waals surface area contributed by atoms with Gasteiger partial charge in [0.05, 0.1) is 11.8 Å². The molecular formula is C22H26N2O4. The first-order chi connectivity index (χ1) is 13.5. The summed E-state index contributed by atoms with van der Waals surface area (Å²) in [5, 5.41) is 9.30. The van der Waals surface area contributed by atoms with Crippen LogP contribution in [0.3, 0.4) is 0 Å². The molecule has 6 heteroatoms. The second kappa shape index (κ2) is 7.41. The van der Waals surface area contributed by atoms with Gasteiger partial charge in [-0.15, -0.1) is 0 Å². The van der Waals surface area contributed by atoms with E-state index in [4.69, 9.17) is 9.40 Å². The molecule has 2 fully saturated rings. The zero-order chi connectivity index (χ0) is 19.8. The number of benzene rings is 1. The van der Waals surface area contributed by atoms with Gasteiger partial charge in [0.15, 0.2) is 0 Å². The number of amides is 1. The Morgan fingerprint density at radius 3 is 2.46 bits per heavy atom. The number of aromatic nitrogens is 1. The fourth-order valence-electron chi connectivity index (χ4n) is 4.28. The van der Waals surface area contributed by atoms with E-state index in [2.05, 4.69) is 13.8 Å². The lowest BCUT2D eigenvalue weighted by atomic mass is 9.73. The molecule has 0 radical (unpaired) electrons. The average molecular weight is 382 g/mol. The molecule has 148 valence electrons. The Morgan fingerprint density at radius 1 is 1.14 bits per heavy atom. The number of rotatable bonds is 5. The van der Waals surface area contributed by atoms with Gasteiger partial charge in [-0.25, -0.2) is 4.98 Å². The molecule has 1 amide bonds. The van der Waals surface area contributed by atoms with Gasteiger partial charge in [-0.3, -0.25) is 9.59 Å². The van der Waals surface area contributed by atoms with Crippen LogP contribution in [0.4, 0.5) is 0 Å². The number of carboxylic acid groups (broad SMARTS) is 1. The lowest BCUT2D eigenvalue weighted by Crippen LogP contribution is -2.45. The fourth-order valence-corrected chi connectivity index (χ4v) is 4.28. The minimum Gasteiger partial charge on any atom is -0.481 e. The molecule has 1 aliphatic carbocycles. The molecule has 2 aliphatic rings. The van der Waals surface area contributed by atoms with Crippen LogP contribution < -0.4 is 0 Å². The summed E-state index contributed by atoms with van der Waals surface area (Å²) in [6.07, 6.45) is 2.90. The number of hydrogen-bond acceptors (Lipinski definition) is 4. The van der Waals surface area contributed by atoms with Crippen molar-refractivity contribution >= 4 is 11.9 Å². The summed E-state index contributed by atoms with van der Waals surface area (Å²) in [5.74, 6) is -0.329. The van der Waals surface area contributed by atoms with Crippen molar-refractivity contribution in [3.05, 3.63) is 42.0 Å². The molecule has 0 spiro atoms. The second-order valence-corrected chi connectivity index (χ2v) is 8.10. The summed E-state index contributed by atoms with van der Waals surface area (Å²) in [4.78, 5) is 30.9. The molecule has 1 aliphatic heterocycles. The molecule has 0 bridgehead atoms. The summed E-state index contributed by atoms with van der Waals surface area (Å²) < 4.78 is 6.18. The summed E-state index contributed by atoms with van der Waals surface area (Å²) in [5.41, 5.74) is 1.83. The summed E-state index contributed by atoms with van der Waals surface area (Å²) in [7, 11) is 0. The van der Waals surface area contributed by atoms with Crippen molar-refractivity contribution < 1.29 is 19.1 Å². The van der Waals surface area contributed by atoms with Gasteiger partial charge in [-0.2, -0.15) is 0 Å². The molecule has 1 aromatic carbocycles. The molecule has 2 heterocycles. The normalized spacial score (nSPS) is 24.4. The van der Waals surface area contributed by atoms with Crippen molar-refractivity contribution in [3.63, 3.8) is 0 Å². The van der Waals surface area contributed by atoms with E-state index in [9.17, 15) is 14.7 Å². The van der Waals surface area contributed by atoms with Crippen molar-refractivity contribution in [1.29, 1.82) is 0 Å². The highest BCUT2D eigenvalue weighted by atomic mass is 16.4. The monoisotopic (exact) mass is 382 g/mol. The number of nitrogens with zero attached hydrogens (tertiary/aromatic N) is 2. The van der Waals surface area contributed by atoms with Crippen LogP contribution in [0.5, 0.6) is 0 Å². The molecule has 1 saturated carbocycles. The van der Waals surface area contributed by atoms with E-state index in [1.807, 2.05) is 30.3 Å². The first-order valence-corrected chi connectivity index (χ1v) is 10.1. The Balaban J connectivity index is 1.63.